The van der Waals surface area contributed by atoms with Crippen molar-refractivity contribution in [2.24, 2.45) is 0 Å². The number of carbonyl (C=O) groups excluding carboxylic acids is 1. The molecule has 0 spiro atoms. The normalized spacial score (nSPS) is 14.4. The molecule has 0 aliphatic rings. The summed E-state index contributed by atoms with van der Waals surface area (Å²) in [5.41, 5.74) is 0.00396. The van der Waals surface area contributed by atoms with E-state index in [0.29, 0.717) is 5.02 Å². The maximum atomic E-state index is 12.1. The van der Waals surface area contributed by atoms with Crippen LogP contribution in [0.5, 0.6) is 0 Å². The van der Waals surface area contributed by atoms with Gasteiger partial charge in [-0.3, -0.25) is 4.79 Å². The van der Waals surface area contributed by atoms with Gasteiger partial charge in [-0.15, -0.1) is 0 Å². The Kier molecular flexibility index (Phi) is 4.96. The van der Waals surface area contributed by atoms with Crippen LogP contribution in [-0.2, 0) is 9.59 Å². The Labute approximate surface area is 116 Å². The predicted octanol–water partition coefficient (Wildman–Crippen LogP) is 1.51. The van der Waals surface area contributed by atoms with Crippen molar-refractivity contribution in [3.8, 4) is 0 Å². The predicted molar refractivity (Wildman–Crippen MR) is 62.0 cm³/mol. The van der Waals surface area contributed by atoms with Crippen molar-refractivity contribution in [3.05, 3.63) is 34.9 Å². The van der Waals surface area contributed by atoms with Gasteiger partial charge in [-0.2, -0.15) is 13.2 Å². The Balaban J connectivity index is 2.94. The summed E-state index contributed by atoms with van der Waals surface area (Å²) in [5.74, 6) is -4.25. The Morgan fingerprint density at radius 3 is 2.10 bits per heavy atom. The smallest absolute Gasteiger partial charge is 0.471 e. The Morgan fingerprint density at radius 2 is 1.70 bits per heavy atom. The number of aliphatic carboxylic acids is 1. The van der Waals surface area contributed by atoms with Gasteiger partial charge in [0.05, 0.1) is 0 Å². The lowest BCUT2D eigenvalue weighted by molar-refractivity contribution is -0.176. The average molecular weight is 312 g/mol. The third kappa shape index (κ3) is 4.10. The van der Waals surface area contributed by atoms with E-state index in [1.165, 1.54) is 29.6 Å². The number of amides is 1. The Hall–Kier alpha value is -1.80. The molecule has 0 saturated heterocycles. The molecule has 0 bridgehead atoms. The molecule has 1 rings (SSSR count). The highest BCUT2D eigenvalue weighted by Gasteiger charge is 2.42. The van der Waals surface area contributed by atoms with Gasteiger partial charge in [0.15, 0.2) is 6.04 Å². The van der Waals surface area contributed by atoms with E-state index in [-0.39, 0.29) is 5.56 Å². The second-order valence-electron chi connectivity index (χ2n) is 3.78. The molecule has 1 amide bonds. The lowest BCUT2D eigenvalue weighted by atomic mass is 10.0. The number of hydrogen-bond donors (Lipinski definition) is 3. The van der Waals surface area contributed by atoms with Crippen molar-refractivity contribution >= 4 is 23.5 Å². The van der Waals surface area contributed by atoms with Gasteiger partial charge in [0.2, 0.25) is 0 Å². The van der Waals surface area contributed by atoms with Gasteiger partial charge >= 0.3 is 18.1 Å². The number of carbonyl (C=O) groups is 2. The minimum atomic E-state index is -5.24. The molecule has 1 aromatic carbocycles. The molecule has 0 aliphatic heterocycles. The molecule has 0 saturated carbocycles. The van der Waals surface area contributed by atoms with Crippen LogP contribution in [0.15, 0.2) is 24.3 Å². The molecule has 1 aromatic rings. The number of halogens is 4. The van der Waals surface area contributed by atoms with Gasteiger partial charge in [-0.1, -0.05) is 23.7 Å². The molecule has 9 heteroatoms. The quantitative estimate of drug-likeness (QED) is 0.786. The van der Waals surface area contributed by atoms with Crippen LogP contribution in [0.3, 0.4) is 0 Å². The van der Waals surface area contributed by atoms with Crippen LogP contribution in [-0.4, -0.2) is 34.3 Å². The molecule has 2 atom stereocenters. The number of aliphatic hydroxyl groups excluding tert-OH is 1. The van der Waals surface area contributed by atoms with Crippen molar-refractivity contribution in [1.82, 2.24) is 5.32 Å². The number of aliphatic hydroxyl groups is 1. The summed E-state index contributed by atoms with van der Waals surface area (Å²) in [4.78, 5) is 21.6. The van der Waals surface area contributed by atoms with Crippen LogP contribution in [0.25, 0.3) is 0 Å². The number of carboxylic acids is 1. The number of alkyl halides is 3. The average Bonchev–Trinajstić information content (AvgIpc) is 2.34. The van der Waals surface area contributed by atoms with Gasteiger partial charge in [-0.05, 0) is 17.7 Å². The molecule has 20 heavy (non-hydrogen) atoms. The first kappa shape index (κ1) is 16.3. The number of nitrogens with one attached hydrogen (secondary N) is 1. The highest BCUT2D eigenvalue weighted by molar-refractivity contribution is 6.30. The summed E-state index contributed by atoms with van der Waals surface area (Å²) < 4.78 is 36.3. The molecular formula is C11H9ClF3NO4. The second-order valence-corrected chi connectivity index (χ2v) is 4.22. The van der Waals surface area contributed by atoms with Crippen LogP contribution < -0.4 is 5.32 Å². The largest absolute Gasteiger partial charge is 0.480 e. The summed E-state index contributed by atoms with van der Waals surface area (Å²) in [7, 11) is 0. The summed E-state index contributed by atoms with van der Waals surface area (Å²) in [6.07, 6.45) is -7.09. The molecule has 0 aromatic heterocycles. The van der Waals surface area contributed by atoms with E-state index in [1.807, 2.05) is 0 Å². The first-order valence-electron chi connectivity index (χ1n) is 5.17. The van der Waals surface area contributed by atoms with E-state index in [4.69, 9.17) is 16.7 Å². The summed E-state index contributed by atoms with van der Waals surface area (Å²) >= 11 is 5.59. The van der Waals surface area contributed by atoms with E-state index in [9.17, 15) is 27.9 Å². The maximum absolute atomic E-state index is 12.1. The lowest BCUT2D eigenvalue weighted by Crippen LogP contribution is -2.49. The minimum absolute atomic E-state index is 0.00396. The maximum Gasteiger partial charge on any atom is 0.471 e. The van der Waals surface area contributed by atoms with Crippen LogP contribution in [0.1, 0.15) is 11.7 Å². The SMILES string of the molecule is O=C(O)C(NC(=O)C(F)(F)F)C(O)c1ccc(Cl)cc1. The van der Waals surface area contributed by atoms with Crippen molar-refractivity contribution in [3.63, 3.8) is 0 Å². The fourth-order valence-corrected chi connectivity index (χ4v) is 1.48. The van der Waals surface area contributed by atoms with Gasteiger partial charge < -0.3 is 15.5 Å². The minimum Gasteiger partial charge on any atom is -0.480 e. The lowest BCUT2D eigenvalue weighted by Gasteiger charge is -2.21. The fraction of sp³-hybridized carbons (Fsp3) is 0.273. The molecule has 2 unspecified atom stereocenters. The summed E-state index contributed by atoms with van der Waals surface area (Å²) in [6.45, 7) is 0. The highest BCUT2D eigenvalue weighted by atomic mass is 35.5. The molecule has 110 valence electrons. The molecule has 3 N–H and O–H groups in total. The van der Waals surface area contributed by atoms with Gasteiger partial charge in [0, 0.05) is 5.02 Å². The van der Waals surface area contributed by atoms with E-state index >= 15 is 0 Å². The molecule has 5 nitrogen and oxygen atoms in total. The number of benzene rings is 1. The van der Waals surface area contributed by atoms with Crippen LogP contribution in [0.4, 0.5) is 13.2 Å². The van der Waals surface area contributed by atoms with Gasteiger partial charge in [-0.25, -0.2) is 4.79 Å². The van der Waals surface area contributed by atoms with E-state index in [2.05, 4.69) is 0 Å². The molecule has 0 radical (unpaired) electrons. The van der Waals surface area contributed by atoms with Crippen LogP contribution >= 0.6 is 11.6 Å². The van der Waals surface area contributed by atoms with Crippen molar-refractivity contribution in [2.75, 3.05) is 0 Å². The van der Waals surface area contributed by atoms with Crippen LogP contribution in [0.2, 0.25) is 5.02 Å². The first-order chi connectivity index (χ1) is 9.12. The summed E-state index contributed by atoms with van der Waals surface area (Å²) in [6, 6.07) is 2.99. The van der Waals surface area contributed by atoms with Crippen molar-refractivity contribution in [1.29, 1.82) is 0 Å². The number of rotatable bonds is 4. The number of hydrogen-bond acceptors (Lipinski definition) is 3. The first-order valence-corrected chi connectivity index (χ1v) is 5.54. The molecule has 0 heterocycles. The molecular weight excluding hydrogens is 303 g/mol. The third-order valence-corrected chi connectivity index (χ3v) is 2.59. The topological polar surface area (TPSA) is 86.6 Å². The van der Waals surface area contributed by atoms with Gasteiger partial charge in [0.25, 0.3) is 0 Å². The van der Waals surface area contributed by atoms with Crippen LogP contribution in [0, 0.1) is 0 Å². The zero-order chi connectivity index (χ0) is 15.5. The van der Waals surface area contributed by atoms with Crippen molar-refractivity contribution < 1.29 is 33.0 Å². The zero-order valence-corrected chi connectivity index (χ0v) is 10.4. The Morgan fingerprint density at radius 1 is 1.20 bits per heavy atom. The standard InChI is InChI=1S/C11H9ClF3NO4/c12-6-3-1-5(2-4-6)8(17)7(9(18)19)16-10(20)11(13,14)15/h1-4,7-8,17H,(H,16,20)(H,18,19). The van der Waals surface area contributed by atoms with E-state index in [1.54, 1.807) is 0 Å². The Bertz CT molecular complexity index is 503. The zero-order valence-electron chi connectivity index (χ0n) is 9.69. The van der Waals surface area contributed by atoms with E-state index < -0.39 is 30.2 Å². The van der Waals surface area contributed by atoms with Gasteiger partial charge in [0.1, 0.15) is 6.10 Å². The summed E-state index contributed by atoms with van der Waals surface area (Å²) in [5, 5.41) is 20.1. The van der Waals surface area contributed by atoms with Crippen molar-refractivity contribution in [2.45, 2.75) is 18.3 Å². The highest BCUT2D eigenvalue weighted by Crippen LogP contribution is 2.21. The monoisotopic (exact) mass is 311 g/mol. The second kappa shape index (κ2) is 6.10. The molecule has 0 aliphatic carbocycles. The number of carboxylic acid groups (broad SMARTS) is 1. The van der Waals surface area contributed by atoms with E-state index in [0.717, 1.165) is 0 Å². The third-order valence-electron chi connectivity index (χ3n) is 2.34. The molecule has 0 fully saturated rings. The fourth-order valence-electron chi connectivity index (χ4n) is 1.35.